The van der Waals surface area contributed by atoms with Crippen LogP contribution in [-0.4, -0.2) is 19.6 Å². The molecule has 0 atom stereocenters. The van der Waals surface area contributed by atoms with Gasteiger partial charge in [-0.25, -0.2) is 0 Å². The van der Waals surface area contributed by atoms with Crippen LogP contribution in [0.25, 0.3) is 0 Å². The largest absolute Gasteiger partial charge is 0.497 e. The van der Waals surface area contributed by atoms with Crippen molar-refractivity contribution < 1.29 is 9.53 Å². The average Bonchev–Trinajstić information content (AvgIpc) is 2.52. The molecule has 2 rings (SSSR count). The van der Waals surface area contributed by atoms with Crippen molar-refractivity contribution in [1.29, 1.82) is 0 Å². The highest BCUT2D eigenvalue weighted by Crippen LogP contribution is 2.10. The van der Waals surface area contributed by atoms with Crippen molar-refractivity contribution in [2.75, 3.05) is 13.7 Å². The van der Waals surface area contributed by atoms with Crippen molar-refractivity contribution in [2.45, 2.75) is 13.3 Å². The molecule has 0 saturated carbocycles. The zero-order valence-electron chi connectivity index (χ0n) is 12.8. The molecular weight excluding hydrogens is 274 g/mol. The van der Waals surface area contributed by atoms with Gasteiger partial charge in [0, 0.05) is 5.56 Å². The van der Waals surface area contributed by atoms with E-state index in [1.165, 1.54) is 0 Å². The Morgan fingerprint density at radius 2 is 1.95 bits per heavy atom. The van der Waals surface area contributed by atoms with Gasteiger partial charge in [-0.1, -0.05) is 41.7 Å². The van der Waals surface area contributed by atoms with Crippen LogP contribution in [0.2, 0.25) is 0 Å². The predicted molar refractivity (Wildman–Crippen MR) is 87.8 cm³/mol. The van der Waals surface area contributed by atoms with Crippen LogP contribution in [0.1, 0.15) is 16.7 Å². The summed E-state index contributed by atoms with van der Waals surface area (Å²) in [5, 5.41) is 2.81. The Morgan fingerprint density at radius 3 is 2.64 bits per heavy atom. The summed E-state index contributed by atoms with van der Waals surface area (Å²) in [4.78, 5) is 11.8. The third kappa shape index (κ3) is 4.99. The highest BCUT2D eigenvalue weighted by atomic mass is 16.5. The van der Waals surface area contributed by atoms with Gasteiger partial charge in [0.15, 0.2) is 0 Å². The molecule has 0 unspecified atom stereocenters. The number of carbonyl (C=O) groups excluding carboxylic acids is 1. The van der Waals surface area contributed by atoms with Gasteiger partial charge in [-0.05, 0) is 36.8 Å². The van der Waals surface area contributed by atoms with Crippen LogP contribution in [0, 0.1) is 18.8 Å². The van der Waals surface area contributed by atoms with Gasteiger partial charge in [0.25, 0.3) is 0 Å². The maximum Gasteiger partial charge on any atom is 0.225 e. The van der Waals surface area contributed by atoms with Gasteiger partial charge in [-0.2, -0.15) is 0 Å². The van der Waals surface area contributed by atoms with Crippen molar-refractivity contribution in [1.82, 2.24) is 5.32 Å². The third-order valence-electron chi connectivity index (χ3n) is 3.14. The number of carbonyl (C=O) groups is 1. The van der Waals surface area contributed by atoms with Gasteiger partial charge in [0.2, 0.25) is 5.91 Å². The van der Waals surface area contributed by atoms with E-state index in [0.29, 0.717) is 13.0 Å². The van der Waals surface area contributed by atoms with E-state index in [2.05, 4.69) is 17.2 Å². The minimum Gasteiger partial charge on any atom is -0.497 e. The smallest absolute Gasteiger partial charge is 0.225 e. The van der Waals surface area contributed by atoms with Crippen LogP contribution in [0.15, 0.2) is 48.5 Å². The molecule has 1 N–H and O–H groups in total. The quantitative estimate of drug-likeness (QED) is 0.880. The molecule has 0 spiro atoms. The number of hydrogen-bond donors (Lipinski definition) is 1. The van der Waals surface area contributed by atoms with E-state index >= 15 is 0 Å². The molecule has 0 aliphatic heterocycles. The summed E-state index contributed by atoms with van der Waals surface area (Å²) < 4.78 is 5.09. The Balaban J connectivity index is 1.80. The molecule has 0 aliphatic rings. The summed E-state index contributed by atoms with van der Waals surface area (Å²) in [5.74, 6) is 6.73. The van der Waals surface area contributed by atoms with Gasteiger partial charge in [-0.3, -0.25) is 4.79 Å². The molecule has 2 aromatic rings. The molecule has 0 aliphatic carbocycles. The number of rotatable bonds is 4. The fourth-order valence-electron chi connectivity index (χ4n) is 2.03. The summed E-state index contributed by atoms with van der Waals surface area (Å²) in [6.45, 7) is 2.36. The first-order chi connectivity index (χ1) is 10.7. The van der Waals surface area contributed by atoms with E-state index in [1.807, 2.05) is 55.5 Å². The predicted octanol–water partition coefficient (Wildman–Crippen LogP) is 2.71. The van der Waals surface area contributed by atoms with Crippen molar-refractivity contribution in [3.63, 3.8) is 0 Å². The topological polar surface area (TPSA) is 38.3 Å². The van der Waals surface area contributed by atoms with Crippen LogP contribution in [0.5, 0.6) is 5.75 Å². The van der Waals surface area contributed by atoms with E-state index in [-0.39, 0.29) is 5.91 Å². The van der Waals surface area contributed by atoms with Crippen LogP contribution in [0.4, 0.5) is 0 Å². The summed E-state index contributed by atoms with van der Waals surface area (Å²) in [6, 6.07) is 15.4. The highest BCUT2D eigenvalue weighted by molar-refractivity contribution is 5.78. The second-order valence-electron chi connectivity index (χ2n) is 4.97. The molecule has 0 aromatic heterocycles. The molecule has 0 bridgehead atoms. The van der Waals surface area contributed by atoms with Crippen LogP contribution in [-0.2, 0) is 11.2 Å². The first kappa shape index (κ1) is 15.7. The lowest BCUT2D eigenvalue weighted by atomic mass is 10.1. The van der Waals surface area contributed by atoms with Gasteiger partial charge < -0.3 is 10.1 Å². The molecule has 1 amide bonds. The second-order valence-corrected chi connectivity index (χ2v) is 4.97. The Labute approximate surface area is 131 Å². The van der Waals surface area contributed by atoms with E-state index in [4.69, 9.17) is 4.74 Å². The van der Waals surface area contributed by atoms with E-state index in [0.717, 1.165) is 22.4 Å². The van der Waals surface area contributed by atoms with Crippen LogP contribution < -0.4 is 10.1 Å². The number of methoxy groups -OCH3 is 1. The fourth-order valence-corrected chi connectivity index (χ4v) is 2.03. The molecule has 2 aromatic carbocycles. The SMILES string of the molecule is COc1ccc(C#CCNC(=O)Cc2cccc(C)c2)cc1. The lowest BCUT2D eigenvalue weighted by Crippen LogP contribution is -2.25. The molecule has 0 saturated heterocycles. The number of hydrogen-bond acceptors (Lipinski definition) is 2. The minimum atomic E-state index is -0.0189. The molecule has 3 heteroatoms. The van der Waals surface area contributed by atoms with Gasteiger partial charge in [0.05, 0.1) is 20.1 Å². The highest BCUT2D eigenvalue weighted by Gasteiger charge is 2.01. The number of amides is 1. The Kier molecular flexibility index (Phi) is 5.62. The summed E-state index contributed by atoms with van der Waals surface area (Å²) >= 11 is 0. The first-order valence-electron chi connectivity index (χ1n) is 7.12. The fraction of sp³-hybridized carbons (Fsp3) is 0.211. The first-order valence-corrected chi connectivity index (χ1v) is 7.12. The molecule has 112 valence electrons. The normalized spacial score (nSPS) is 9.55. The van der Waals surface area contributed by atoms with E-state index in [1.54, 1.807) is 7.11 Å². The average molecular weight is 293 g/mol. The monoisotopic (exact) mass is 293 g/mol. The van der Waals surface area contributed by atoms with Crippen molar-refractivity contribution >= 4 is 5.91 Å². The molecule has 0 fully saturated rings. The van der Waals surface area contributed by atoms with E-state index in [9.17, 15) is 4.79 Å². The molecule has 22 heavy (non-hydrogen) atoms. The lowest BCUT2D eigenvalue weighted by Gasteiger charge is -2.02. The lowest BCUT2D eigenvalue weighted by molar-refractivity contribution is -0.120. The number of aryl methyl sites for hydroxylation is 1. The van der Waals surface area contributed by atoms with Crippen LogP contribution in [0.3, 0.4) is 0 Å². The Hall–Kier alpha value is -2.73. The number of nitrogens with one attached hydrogen (secondary N) is 1. The zero-order valence-corrected chi connectivity index (χ0v) is 12.8. The molecule has 0 radical (unpaired) electrons. The van der Waals surface area contributed by atoms with Crippen LogP contribution >= 0.6 is 0 Å². The second kappa shape index (κ2) is 7.90. The maximum atomic E-state index is 11.8. The van der Waals surface area contributed by atoms with E-state index < -0.39 is 0 Å². The molecule has 0 heterocycles. The zero-order chi connectivity index (χ0) is 15.8. The summed E-state index contributed by atoms with van der Waals surface area (Å²) in [5.41, 5.74) is 3.07. The summed E-state index contributed by atoms with van der Waals surface area (Å²) in [7, 11) is 1.63. The standard InChI is InChI=1S/C19H19NO2/c1-15-5-3-6-17(13-15)14-19(21)20-12-4-7-16-8-10-18(22-2)11-9-16/h3,5-6,8-11,13H,12,14H2,1-2H3,(H,20,21). The van der Waals surface area contributed by atoms with Crippen molar-refractivity contribution in [3.8, 4) is 17.6 Å². The van der Waals surface area contributed by atoms with Gasteiger partial charge in [0.1, 0.15) is 5.75 Å². The minimum absolute atomic E-state index is 0.0189. The molecular formula is C19H19NO2. The number of benzene rings is 2. The third-order valence-corrected chi connectivity index (χ3v) is 3.14. The Morgan fingerprint density at radius 1 is 1.18 bits per heavy atom. The van der Waals surface area contributed by atoms with Gasteiger partial charge in [-0.15, -0.1) is 0 Å². The number of ether oxygens (including phenoxy) is 1. The molecule has 3 nitrogen and oxygen atoms in total. The van der Waals surface area contributed by atoms with Crippen molar-refractivity contribution in [3.05, 3.63) is 65.2 Å². The summed E-state index contributed by atoms with van der Waals surface area (Å²) in [6.07, 6.45) is 0.381. The Bertz CT molecular complexity index is 693. The van der Waals surface area contributed by atoms with Gasteiger partial charge >= 0.3 is 0 Å². The van der Waals surface area contributed by atoms with Crippen molar-refractivity contribution in [2.24, 2.45) is 0 Å². The maximum absolute atomic E-state index is 11.8.